The van der Waals surface area contributed by atoms with Crippen molar-refractivity contribution < 1.29 is 5.11 Å². The molecule has 0 aliphatic heterocycles. The van der Waals surface area contributed by atoms with Gasteiger partial charge in [-0.3, -0.25) is 0 Å². The molecule has 1 N–H and O–H groups in total. The van der Waals surface area contributed by atoms with Gasteiger partial charge in [0.05, 0.1) is 0 Å². The third-order valence-corrected chi connectivity index (χ3v) is 3.29. The van der Waals surface area contributed by atoms with E-state index in [0.29, 0.717) is 23.5 Å². The van der Waals surface area contributed by atoms with E-state index < -0.39 is 0 Å². The third-order valence-electron chi connectivity index (χ3n) is 3.29. The first-order valence-corrected chi connectivity index (χ1v) is 7.63. The van der Waals surface area contributed by atoms with Crippen molar-refractivity contribution in [1.82, 2.24) is 0 Å². The van der Waals surface area contributed by atoms with Gasteiger partial charge in [-0.25, -0.2) is 0 Å². The molecular formula is C18H30O. The standard InChI is InChI=1S/C18H30O/c1-12(2)7-15-10-17(9-14(5)6)18(19)11-16(15)8-13(3)4/h10-14,19H,7-9H2,1-6H3. The van der Waals surface area contributed by atoms with Crippen LogP contribution in [0, 0.1) is 17.8 Å². The van der Waals surface area contributed by atoms with E-state index in [4.69, 9.17) is 0 Å². The highest BCUT2D eigenvalue weighted by Crippen LogP contribution is 2.28. The number of phenolic OH excluding ortho intramolecular Hbond substituents is 1. The maximum absolute atomic E-state index is 10.2. The molecule has 0 bridgehead atoms. The lowest BCUT2D eigenvalue weighted by Crippen LogP contribution is -2.05. The molecule has 1 rings (SSSR count). The van der Waals surface area contributed by atoms with E-state index in [1.165, 1.54) is 11.1 Å². The topological polar surface area (TPSA) is 20.2 Å². The van der Waals surface area contributed by atoms with Crippen molar-refractivity contribution in [2.45, 2.75) is 60.8 Å². The second kappa shape index (κ2) is 6.98. The van der Waals surface area contributed by atoms with Crippen LogP contribution in [0.25, 0.3) is 0 Å². The Hall–Kier alpha value is -0.980. The fourth-order valence-electron chi connectivity index (χ4n) is 2.59. The average molecular weight is 262 g/mol. The van der Waals surface area contributed by atoms with Crippen molar-refractivity contribution in [2.75, 3.05) is 0 Å². The Balaban J connectivity index is 3.12. The van der Waals surface area contributed by atoms with Crippen molar-refractivity contribution in [3.05, 3.63) is 28.8 Å². The first-order valence-electron chi connectivity index (χ1n) is 7.63. The van der Waals surface area contributed by atoms with Crippen LogP contribution in [0.15, 0.2) is 12.1 Å². The molecule has 0 spiro atoms. The zero-order chi connectivity index (χ0) is 14.6. The molecule has 19 heavy (non-hydrogen) atoms. The first-order chi connectivity index (χ1) is 8.79. The molecule has 0 unspecified atom stereocenters. The Kier molecular flexibility index (Phi) is 5.90. The minimum Gasteiger partial charge on any atom is -0.508 e. The van der Waals surface area contributed by atoms with Gasteiger partial charge in [0, 0.05) is 0 Å². The molecule has 0 amide bonds. The summed E-state index contributed by atoms with van der Waals surface area (Å²) < 4.78 is 0. The van der Waals surface area contributed by atoms with E-state index in [0.717, 1.165) is 24.8 Å². The maximum Gasteiger partial charge on any atom is 0.119 e. The Labute approximate surface area is 119 Å². The molecule has 1 heteroatoms. The average Bonchev–Trinajstić information content (AvgIpc) is 2.22. The normalized spacial score (nSPS) is 11.8. The van der Waals surface area contributed by atoms with Gasteiger partial charge in [-0.05, 0) is 59.8 Å². The first kappa shape index (κ1) is 16.1. The summed E-state index contributed by atoms with van der Waals surface area (Å²) in [6.07, 6.45) is 3.11. The number of phenols is 1. The molecule has 0 aliphatic carbocycles. The zero-order valence-electron chi connectivity index (χ0n) is 13.5. The highest BCUT2D eigenvalue weighted by atomic mass is 16.3. The number of aromatic hydroxyl groups is 1. The Morgan fingerprint density at radius 3 is 1.47 bits per heavy atom. The lowest BCUT2D eigenvalue weighted by Gasteiger charge is -2.17. The predicted octanol–water partition coefficient (Wildman–Crippen LogP) is 4.99. The zero-order valence-corrected chi connectivity index (χ0v) is 13.5. The maximum atomic E-state index is 10.2. The van der Waals surface area contributed by atoms with E-state index in [1.54, 1.807) is 0 Å². The Morgan fingerprint density at radius 2 is 1.05 bits per heavy atom. The monoisotopic (exact) mass is 262 g/mol. The summed E-state index contributed by atoms with van der Waals surface area (Å²) in [4.78, 5) is 0. The smallest absolute Gasteiger partial charge is 0.119 e. The Bertz CT molecular complexity index is 402. The number of benzene rings is 1. The molecular weight excluding hydrogens is 232 g/mol. The highest BCUT2D eigenvalue weighted by molar-refractivity contribution is 5.42. The molecule has 0 heterocycles. The van der Waals surface area contributed by atoms with Crippen LogP contribution in [0.2, 0.25) is 0 Å². The molecule has 0 aliphatic rings. The number of rotatable bonds is 6. The second-order valence-corrected chi connectivity index (χ2v) is 7.04. The lowest BCUT2D eigenvalue weighted by atomic mass is 9.89. The molecule has 0 atom stereocenters. The summed E-state index contributed by atoms with van der Waals surface area (Å²) in [6, 6.07) is 4.25. The summed E-state index contributed by atoms with van der Waals surface area (Å²) in [5.41, 5.74) is 3.86. The van der Waals surface area contributed by atoms with E-state index in [9.17, 15) is 5.11 Å². The number of hydrogen-bond acceptors (Lipinski definition) is 1. The molecule has 0 fully saturated rings. The van der Waals surface area contributed by atoms with Crippen LogP contribution in [0.5, 0.6) is 5.75 Å². The second-order valence-electron chi connectivity index (χ2n) is 7.04. The summed E-state index contributed by atoms with van der Waals surface area (Å²) in [5.74, 6) is 2.34. The largest absolute Gasteiger partial charge is 0.508 e. The SMILES string of the molecule is CC(C)Cc1cc(CC(C)C)c(CC(C)C)cc1O. The minimum atomic E-state index is 0.483. The van der Waals surface area contributed by atoms with Crippen molar-refractivity contribution >= 4 is 0 Å². The van der Waals surface area contributed by atoms with Crippen LogP contribution in [-0.4, -0.2) is 5.11 Å². The van der Waals surface area contributed by atoms with Gasteiger partial charge in [0.2, 0.25) is 0 Å². The number of hydrogen-bond donors (Lipinski definition) is 1. The van der Waals surface area contributed by atoms with Crippen molar-refractivity contribution in [3.8, 4) is 5.75 Å². The van der Waals surface area contributed by atoms with Gasteiger partial charge in [0.1, 0.15) is 5.75 Å². The van der Waals surface area contributed by atoms with Crippen molar-refractivity contribution in [3.63, 3.8) is 0 Å². The summed E-state index contributed by atoms with van der Waals surface area (Å²) in [7, 11) is 0. The summed E-state index contributed by atoms with van der Waals surface area (Å²) in [5, 5.41) is 10.2. The minimum absolute atomic E-state index is 0.483. The molecule has 1 nitrogen and oxygen atoms in total. The predicted molar refractivity (Wildman–Crippen MR) is 83.7 cm³/mol. The fourth-order valence-corrected chi connectivity index (χ4v) is 2.59. The van der Waals surface area contributed by atoms with Gasteiger partial charge < -0.3 is 5.11 Å². The molecule has 0 saturated carbocycles. The van der Waals surface area contributed by atoms with Gasteiger partial charge >= 0.3 is 0 Å². The molecule has 0 radical (unpaired) electrons. The van der Waals surface area contributed by atoms with Crippen LogP contribution in [-0.2, 0) is 19.3 Å². The van der Waals surface area contributed by atoms with E-state index in [-0.39, 0.29) is 0 Å². The molecule has 108 valence electrons. The van der Waals surface area contributed by atoms with Crippen molar-refractivity contribution in [1.29, 1.82) is 0 Å². The fraction of sp³-hybridized carbons (Fsp3) is 0.667. The van der Waals surface area contributed by atoms with E-state index in [1.807, 2.05) is 6.07 Å². The summed E-state index contributed by atoms with van der Waals surface area (Å²) in [6.45, 7) is 13.4. The van der Waals surface area contributed by atoms with Crippen molar-refractivity contribution in [2.24, 2.45) is 17.8 Å². The van der Waals surface area contributed by atoms with Crippen LogP contribution in [0.4, 0.5) is 0 Å². The highest BCUT2D eigenvalue weighted by Gasteiger charge is 2.12. The van der Waals surface area contributed by atoms with Gasteiger partial charge in [-0.15, -0.1) is 0 Å². The van der Waals surface area contributed by atoms with E-state index >= 15 is 0 Å². The van der Waals surface area contributed by atoms with Gasteiger partial charge in [0.25, 0.3) is 0 Å². The van der Waals surface area contributed by atoms with Crippen LogP contribution >= 0.6 is 0 Å². The molecule has 1 aromatic rings. The molecule has 0 aromatic heterocycles. The summed E-state index contributed by atoms with van der Waals surface area (Å²) >= 11 is 0. The van der Waals surface area contributed by atoms with Gasteiger partial charge in [-0.1, -0.05) is 47.6 Å². The van der Waals surface area contributed by atoms with Crippen LogP contribution in [0.1, 0.15) is 58.2 Å². The lowest BCUT2D eigenvalue weighted by molar-refractivity contribution is 0.460. The van der Waals surface area contributed by atoms with Crippen LogP contribution < -0.4 is 0 Å². The van der Waals surface area contributed by atoms with Gasteiger partial charge in [0.15, 0.2) is 0 Å². The molecule has 0 saturated heterocycles. The van der Waals surface area contributed by atoms with Crippen LogP contribution in [0.3, 0.4) is 0 Å². The molecule has 1 aromatic carbocycles. The Morgan fingerprint density at radius 1 is 0.684 bits per heavy atom. The quantitative estimate of drug-likeness (QED) is 0.766. The van der Waals surface area contributed by atoms with Gasteiger partial charge in [-0.2, -0.15) is 0 Å². The third kappa shape index (κ3) is 5.26. The van der Waals surface area contributed by atoms with E-state index in [2.05, 4.69) is 47.6 Å².